The molecule has 3 aromatic carbocycles. The number of hydrogen-bond donors (Lipinski definition) is 0. The number of allylic oxidation sites excluding steroid dienone is 1. The highest BCUT2D eigenvalue weighted by molar-refractivity contribution is 5.72. The van der Waals surface area contributed by atoms with Crippen LogP contribution < -0.4 is 4.74 Å². The van der Waals surface area contributed by atoms with Crippen molar-refractivity contribution in [3.05, 3.63) is 113 Å². The molecule has 1 unspecified atom stereocenters. The van der Waals surface area contributed by atoms with Gasteiger partial charge in [-0.15, -0.1) is 0 Å². The number of nitriles is 1. The van der Waals surface area contributed by atoms with Crippen LogP contribution in [0.4, 0.5) is 4.39 Å². The second-order valence-corrected chi connectivity index (χ2v) is 8.31. The number of para-hydroxylation sites is 1. The van der Waals surface area contributed by atoms with Crippen molar-refractivity contribution in [2.24, 2.45) is 4.99 Å². The molecule has 0 bridgehead atoms. The molecule has 0 fully saturated rings. The molecule has 0 spiro atoms. The molecule has 7 heteroatoms. The van der Waals surface area contributed by atoms with E-state index in [0.717, 1.165) is 22.4 Å². The predicted octanol–water partition coefficient (Wildman–Crippen LogP) is 5.53. The first kappa shape index (κ1) is 22.1. The molecule has 4 aromatic rings. The highest BCUT2D eigenvalue weighted by Gasteiger charge is 2.38. The van der Waals surface area contributed by atoms with Crippen LogP contribution in [0.1, 0.15) is 17.0 Å². The maximum Gasteiger partial charge on any atom is 0.237 e. The van der Waals surface area contributed by atoms with Crippen molar-refractivity contribution in [2.75, 3.05) is 14.1 Å². The molecular weight excluding hydrogens is 441 g/mol. The number of halogens is 1. The Bertz CT molecular complexity index is 1450. The molecule has 1 aliphatic heterocycles. The lowest BCUT2D eigenvalue weighted by molar-refractivity contribution is 0.367. The summed E-state index contributed by atoms with van der Waals surface area (Å²) in [5.74, 6) is -0.252. The molecule has 5 rings (SSSR count). The maximum absolute atomic E-state index is 13.8. The number of aromatic nitrogens is 2. The SMILES string of the molecule is CN(C)/C=N/C1=C(C#N)C(c2ccc(F)cc2)c2c(-c3ccccc3)nn(-c3ccccc3)c2O1. The summed E-state index contributed by atoms with van der Waals surface area (Å²) in [5, 5.41) is 15.2. The number of hydrogen-bond acceptors (Lipinski definition) is 4. The number of benzene rings is 3. The Balaban J connectivity index is 1.83. The molecule has 0 N–H and O–H groups in total. The van der Waals surface area contributed by atoms with E-state index in [0.29, 0.717) is 17.1 Å². The maximum atomic E-state index is 13.8. The summed E-state index contributed by atoms with van der Waals surface area (Å²) in [4.78, 5) is 6.23. The molecule has 1 aromatic heterocycles. The van der Waals surface area contributed by atoms with Crippen molar-refractivity contribution < 1.29 is 9.13 Å². The minimum absolute atomic E-state index is 0.180. The van der Waals surface area contributed by atoms with Crippen LogP contribution in [-0.2, 0) is 0 Å². The molecule has 172 valence electrons. The van der Waals surface area contributed by atoms with Crippen LogP contribution >= 0.6 is 0 Å². The second kappa shape index (κ2) is 9.27. The van der Waals surface area contributed by atoms with Crippen molar-refractivity contribution in [1.82, 2.24) is 14.7 Å². The quantitative estimate of drug-likeness (QED) is 0.288. The van der Waals surface area contributed by atoms with Crippen LogP contribution in [0.15, 0.2) is 101 Å². The minimum Gasteiger partial charge on any atom is -0.419 e. The summed E-state index contributed by atoms with van der Waals surface area (Å²) in [5.41, 5.74) is 4.17. The van der Waals surface area contributed by atoms with Gasteiger partial charge in [0.05, 0.1) is 23.5 Å². The predicted molar refractivity (Wildman–Crippen MR) is 133 cm³/mol. The molecule has 35 heavy (non-hydrogen) atoms. The van der Waals surface area contributed by atoms with Crippen LogP contribution in [-0.4, -0.2) is 35.1 Å². The lowest BCUT2D eigenvalue weighted by Crippen LogP contribution is -2.18. The molecule has 6 nitrogen and oxygen atoms in total. The van der Waals surface area contributed by atoms with Crippen molar-refractivity contribution in [2.45, 2.75) is 5.92 Å². The summed E-state index contributed by atoms with van der Waals surface area (Å²) >= 11 is 0. The Kier molecular flexibility index (Phi) is 5.86. The summed E-state index contributed by atoms with van der Waals surface area (Å²) in [6, 6.07) is 27.9. The largest absolute Gasteiger partial charge is 0.419 e. The fourth-order valence-corrected chi connectivity index (χ4v) is 4.11. The summed E-state index contributed by atoms with van der Waals surface area (Å²) in [7, 11) is 3.67. The summed E-state index contributed by atoms with van der Waals surface area (Å²) in [6.45, 7) is 0. The van der Waals surface area contributed by atoms with Crippen LogP contribution in [0.5, 0.6) is 5.88 Å². The van der Waals surface area contributed by atoms with Gasteiger partial charge < -0.3 is 9.64 Å². The molecular formula is C28H22FN5O. The van der Waals surface area contributed by atoms with Gasteiger partial charge in [0, 0.05) is 19.7 Å². The van der Waals surface area contributed by atoms with Gasteiger partial charge in [-0.3, -0.25) is 0 Å². The average Bonchev–Trinajstić information content (AvgIpc) is 3.27. The molecule has 1 aliphatic rings. The number of rotatable bonds is 5. The molecule has 0 aliphatic carbocycles. The molecule has 0 amide bonds. The van der Waals surface area contributed by atoms with Crippen molar-refractivity contribution in [3.8, 4) is 28.9 Å². The highest BCUT2D eigenvalue weighted by atomic mass is 19.1. The normalized spacial score (nSPS) is 15.0. The van der Waals surface area contributed by atoms with E-state index in [1.54, 1.807) is 28.1 Å². The third kappa shape index (κ3) is 4.18. The van der Waals surface area contributed by atoms with Crippen LogP contribution in [0.2, 0.25) is 0 Å². The lowest BCUT2D eigenvalue weighted by atomic mass is 9.83. The van der Waals surface area contributed by atoms with Gasteiger partial charge in [0.1, 0.15) is 23.2 Å². The van der Waals surface area contributed by atoms with E-state index in [1.165, 1.54) is 12.1 Å². The zero-order valence-electron chi connectivity index (χ0n) is 19.3. The van der Waals surface area contributed by atoms with Crippen LogP contribution in [0.25, 0.3) is 16.9 Å². The van der Waals surface area contributed by atoms with Crippen molar-refractivity contribution >= 4 is 6.34 Å². The smallest absolute Gasteiger partial charge is 0.237 e. The number of nitrogens with zero attached hydrogens (tertiary/aromatic N) is 5. The van der Waals surface area contributed by atoms with Gasteiger partial charge in [-0.1, -0.05) is 60.7 Å². The van der Waals surface area contributed by atoms with Crippen molar-refractivity contribution in [3.63, 3.8) is 0 Å². The van der Waals surface area contributed by atoms with E-state index >= 15 is 0 Å². The Morgan fingerprint density at radius 1 is 1.00 bits per heavy atom. The first-order valence-electron chi connectivity index (χ1n) is 11.1. The fraction of sp³-hybridized carbons (Fsp3) is 0.107. The summed E-state index contributed by atoms with van der Waals surface area (Å²) < 4.78 is 21.9. The van der Waals surface area contributed by atoms with Gasteiger partial charge in [-0.2, -0.15) is 15.0 Å². The van der Waals surface area contributed by atoms with E-state index in [9.17, 15) is 9.65 Å². The fourth-order valence-electron chi connectivity index (χ4n) is 4.11. The average molecular weight is 464 g/mol. The topological polar surface area (TPSA) is 66.4 Å². The molecule has 2 heterocycles. The van der Waals surface area contributed by atoms with Crippen LogP contribution in [0.3, 0.4) is 0 Å². The van der Waals surface area contributed by atoms with E-state index in [-0.39, 0.29) is 11.7 Å². The molecule has 0 saturated heterocycles. The van der Waals surface area contributed by atoms with E-state index in [4.69, 9.17) is 9.84 Å². The zero-order valence-corrected chi connectivity index (χ0v) is 19.3. The zero-order chi connectivity index (χ0) is 24.4. The monoisotopic (exact) mass is 463 g/mol. The molecule has 1 atom stereocenters. The highest BCUT2D eigenvalue weighted by Crippen LogP contribution is 2.48. The molecule has 0 radical (unpaired) electrons. The minimum atomic E-state index is -0.550. The van der Waals surface area contributed by atoms with Gasteiger partial charge in [0.25, 0.3) is 0 Å². The Morgan fingerprint density at radius 2 is 1.66 bits per heavy atom. The van der Waals surface area contributed by atoms with E-state index < -0.39 is 5.92 Å². The van der Waals surface area contributed by atoms with Gasteiger partial charge in [-0.05, 0) is 29.8 Å². The molecule has 0 saturated carbocycles. The lowest BCUT2D eigenvalue weighted by Gasteiger charge is -2.25. The summed E-state index contributed by atoms with van der Waals surface area (Å²) in [6.07, 6.45) is 1.58. The number of fused-ring (bicyclic) bond motifs is 1. The van der Waals surface area contributed by atoms with E-state index in [1.807, 2.05) is 74.8 Å². The number of ether oxygens (including phenoxy) is 1. The van der Waals surface area contributed by atoms with Gasteiger partial charge in [0.15, 0.2) is 0 Å². The standard InChI is InChI=1S/C28H22FN5O/c1-33(2)18-31-27-23(17-30)24(19-13-15-21(29)16-14-19)25-26(20-9-5-3-6-10-20)32-34(28(25)35-27)22-11-7-4-8-12-22/h3-16,18,24H,1-2H3/b31-18+. The Hall–Kier alpha value is -4.70. The number of aliphatic imine (C=N–C) groups is 1. The van der Waals surface area contributed by atoms with Gasteiger partial charge in [-0.25, -0.2) is 9.38 Å². The first-order chi connectivity index (χ1) is 17.1. The van der Waals surface area contributed by atoms with Gasteiger partial charge in [0.2, 0.25) is 11.8 Å². The Morgan fingerprint density at radius 3 is 2.29 bits per heavy atom. The third-order valence-electron chi connectivity index (χ3n) is 5.66. The van der Waals surface area contributed by atoms with E-state index in [2.05, 4.69) is 11.1 Å². The van der Waals surface area contributed by atoms with Crippen LogP contribution in [0, 0.1) is 17.1 Å². The second-order valence-electron chi connectivity index (χ2n) is 8.31. The third-order valence-corrected chi connectivity index (χ3v) is 5.66. The first-order valence-corrected chi connectivity index (χ1v) is 11.1. The van der Waals surface area contributed by atoms with Gasteiger partial charge >= 0.3 is 0 Å². The Labute approximate surface area is 202 Å². The van der Waals surface area contributed by atoms with Crippen molar-refractivity contribution in [1.29, 1.82) is 5.26 Å².